The first-order chi connectivity index (χ1) is 6.21. The van der Waals surface area contributed by atoms with Crippen LogP contribution in [-0.4, -0.2) is 26.3 Å². The minimum atomic E-state index is -0.164. The van der Waals surface area contributed by atoms with E-state index < -0.39 is 0 Å². The van der Waals surface area contributed by atoms with E-state index in [1.165, 1.54) is 7.11 Å². The summed E-state index contributed by atoms with van der Waals surface area (Å²) >= 11 is 0. The number of methoxy groups -OCH3 is 2. The van der Waals surface area contributed by atoms with Crippen LogP contribution in [0.15, 0.2) is 0 Å². The Balaban J connectivity index is 4.23. The predicted octanol–water partition coefficient (Wildman–Crippen LogP) is 2.00. The van der Waals surface area contributed by atoms with Crippen LogP contribution in [0.1, 0.15) is 33.1 Å². The molecule has 0 bridgehead atoms. The van der Waals surface area contributed by atoms with Gasteiger partial charge in [-0.15, -0.1) is 0 Å². The van der Waals surface area contributed by atoms with Crippen molar-refractivity contribution in [2.45, 2.75) is 39.2 Å². The Bertz CT molecular complexity index is 145. The largest absolute Gasteiger partial charge is 0.469 e. The van der Waals surface area contributed by atoms with Crippen LogP contribution < -0.4 is 0 Å². The molecule has 0 heterocycles. The van der Waals surface area contributed by atoms with E-state index in [1.807, 2.05) is 6.92 Å². The summed E-state index contributed by atoms with van der Waals surface area (Å²) in [5.41, 5.74) is 0. The molecule has 0 aromatic heterocycles. The molecule has 2 atom stereocenters. The molecule has 0 aliphatic carbocycles. The topological polar surface area (TPSA) is 35.5 Å². The van der Waals surface area contributed by atoms with Gasteiger partial charge in [-0.2, -0.15) is 0 Å². The second-order valence-electron chi connectivity index (χ2n) is 3.10. The summed E-state index contributed by atoms with van der Waals surface area (Å²) in [4.78, 5) is 11.3. The van der Waals surface area contributed by atoms with Crippen LogP contribution in [-0.2, 0) is 14.3 Å². The number of hydrogen-bond donors (Lipinski definition) is 0. The third kappa shape index (κ3) is 3.77. The van der Waals surface area contributed by atoms with Gasteiger partial charge in [0.05, 0.1) is 19.1 Å². The number of carbonyl (C=O) groups excluding carboxylic acids is 1. The Morgan fingerprint density at radius 1 is 1.31 bits per heavy atom. The van der Waals surface area contributed by atoms with E-state index >= 15 is 0 Å². The molecule has 78 valence electrons. The quantitative estimate of drug-likeness (QED) is 0.598. The standard InChI is InChI=1S/C10H20O3/c1-5-7-9(12-3)8(6-2)10(11)13-4/h8-9H,5-7H2,1-4H3. The molecule has 0 aromatic rings. The van der Waals surface area contributed by atoms with E-state index in [0.29, 0.717) is 0 Å². The summed E-state index contributed by atoms with van der Waals surface area (Å²) in [7, 11) is 3.07. The molecule has 0 fully saturated rings. The SMILES string of the molecule is CCCC(OC)C(CC)C(=O)OC. The molecule has 0 radical (unpaired) electrons. The number of rotatable bonds is 6. The third-order valence-electron chi connectivity index (χ3n) is 2.27. The van der Waals surface area contributed by atoms with Crippen molar-refractivity contribution in [3.05, 3.63) is 0 Å². The fourth-order valence-corrected chi connectivity index (χ4v) is 1.50. The first-order valence-corrected chi connectivity index (χ1v) is 4.81. The highest BCUT2D eigenvalue weighted by molar-refractivity contribution is 5.72. The maximum atomic E-state index is 11.3. The van der Waals surface area contributed by atoms with Crippen molar-refractivity contribution < 1.29 is 14.3 Å². The van der Waals surface area contributed by atoms with Gasteiger partial charge in [0.25, 0.3) is 0 Å². The van der Waals surface area contributed by atoms with E-state index in [9.17, 15) is 4.79 Å². The third-order valence-corrected chi connectivity index (χ3v) is 2.27. The van der Waals surface area contributed by atoms with Crippen LogP contribution in [0, 0.1) is 5.92 Å². The second-order valence-corrected chi connectivity index (χ2v) is 3.10. The lowest BCUT2D eigenvalue weighted by molar-refractivity contribution is -0.150. The molecule has 13 heavy (non-hydrogen) atoms. The molecule has 0 aliphatic rings. The van der Waals surface area contributed by atoms with Gasteiger partial charge in [0, 0.05) is 7.11 Å². The lowest BCUT2D eigenvalue weighted by atomic mass is 9.96. The van der Waals surface area contributed by atoms with Gasteiger partial charge in [0.1, 0.15) is 0 Å². The highest BCUT2D eigenvalue weighted by atomic mass is 16.5. The Morgan fingerprint density at radius 3 is 2.23 bits per heavy atom. The van der Waals surface area contributed by atoms with Crippen LogP contribution in [0.25, 0.3) is 0 Å². The average molecular weight is 188 g/mol. The molecule has 0 saturated carbocycles. The molecule has 0 rings (SSSR count). The van der Waals surface area contributed by atoms with Gasteiger partial charge in [-0.05, 0) is 12.8 Å². The first-order valence-electron chi connectivity index (χ1n) is 4.81. The van der Waals surface area contributed by atoms with Crippen LogP contribution in [0.2, 0.25) is 0 Å². The maximum absolute atomic E-state index is 11.3. The van der Waals surface area contributed by atoms with Crippen molar-refractivity contribution in [1.29, 1.82) is 0 Å². The van der Waals surface area contributed by atoms with E-state index in [-0.39, 0.29) is 18.0 Å². The molecule has 0 spiro atoms. The molecule has 0 aromatic carbocycles. The lowest BCUT2D eigenvalue weighted by Gasteiger charge is -2.22. The minimum absolute atomic E-state index is 0.00227. The smallest absolute Gasteiger partial charge is 0.311 e. The van der Waals surface area contributed by atoms with Crippen LogP contribution in [0.5, 0.6) is 0 Å². The summed E-state index contributed by atoms with van der Waals surface area (Å²) in [5, 5.41) is 0. The van der Waals surface area contributed by atoms with Gasteiger partial charge in [0.2, 0.25) is 0 Å². The van der Waals surface area contributed by atoms with Crippen molar-refractivity contribution in [3.8, 4) is 0 Å². The Morgan fingerprint density at radius 2 is 1.92 bits per heavy atom. The summed E-state index contributed by atoms with van der Waals surface area (Å²) in [6.45, 7) is 4.05. The second kappa shape index (κ2) is 6.89. The number of carbonyl (C=O) groups is 1. The van der Waals surface area contributed by atoms with Crippen molar-refractivity contribution >= 4 is 5.97 Å². The number of hydrogen-bond acceptors (Lipinski definition) is 3. The average Bonchev–Trinajstić information content (AvgIpc) is 2.17. The van der Waals surface area contributed by atoms with Crippen molar-refractivity contribution in [3.63, 3.8) is 0 Å². The van der Waals surface area contributed by atoms with Gasteiger partial charge < -0.3 is 9.47 Å². The Kier molecular flexibility index (Phi) is 6.59. The lowest BCUT2D eigenvalue weighted by Crippen LogP contribution is -2.30. The Labute approximate surface area is 80.4 Å². The van der Waals surface area contributed by atoms with Crippen molar-refractivity contribution in [1.82, 2.24) is 0 Å². The Hall–Kier alpha value is -0.570. The minimum Gasteiger partial charge on any atom is -0.469 e. The molecule has 3 heteroatoms. The van der Waals surface area contributed by atoms with E-state index in [1.54, 1.807) is 7.11 Å². The maximum Gasteiger partial charge on any atom is 0.311 e. The predicted molar refractivity (Wildman–Crippen MR) is 51.5 cm³/mol. The van der Waals surface area contributed by atoms with E-state index in [2.05, 4.69) is 6.92 Å². The zero-order valence-corrected chi connectivity index (χ0v) is 9.00. The highest BCUT2D eigenvalue weighted by Gasteiger charge is 2.26. The van der Waals surface area contributed by atoms with Crippen LogP contribution >= 0.6 is 0 Å². The molecule has 0 N–H and O–H groups in total. The van der Waals surface area contributed by atoms with E-state index in [4.69, 9.17) is 9.47 Å². The van der Waals surface area contributed by atoms with Gasteiger partial charge in [-0.25, -0.2) is 0 Å². The van der Waals surface area contributed by atoms with Gasteiger partial charge in [-0.3, -0.25) is 4.79 Å². The molecule has 2 unspecified atom stereocenters. The van der Waals surface area contributed by atoms with Crippen LogP contribution in [0.4, 0.5) is 0 Å². The monoisotopic (exact) mass is 188 g/mol. The summed E-state index contributed by atoms with van der Waals surface area (Å²) in [6, 6.07) is 0. The zero-order valence-electron chi connectivity index (χ0n) is 9.00. The highest BCUT2D eigenvalue weighted by Crippen LogP contribution is 2.17. The molecular weight excluding hydrogens is 168 g/mol. The normalized spacial score (nSPS) is 15.1. The van der Waals surface area contributed by atoms with Gasteiger partial charge >= 0.3 is 5.97 Å². The van der Waals surface area contributed by atoms with Gasteiger partial charge in [-0.1, -0.05) is 20.3 Å². The fourth-order valence-electron chi connectivity index (χ4n) is 1.50. The molecule has 0 aliphatic heterocycles. The van der Waals surface area contributed by atoms with Crippen molar-refractivity contribution in [2.24, 2.45) is 5.92 Å². The first kappa shape index (κ1) is 12.4. The summed E-state index contributed by atoms with van der Waals surface area (Å²) in [5.74, 6) is -0.280. The van der Waals surface area contributed by atoms with Gasteiger partial charge in [0.15, 0.2) is 0 Å². The number of esters is 1. The molecule has 3 nitrogen and oxygen atoms in total. The van der Waals surface area contributed by atoms with E-state index in [0.717, 1.165) is 19.3 Å². The molecular formula is C10H20O3. The molecule has 0 amide bonds. The zero-order chi connectivity index (χ0) is 10.3. The molecule has 0 saturated heterocycles. The summed E-state index contributed by atoms with van der Waals surface area (Å²) in [6.07, 6.45) is 2.70. The summed E-state index contributed by atoms with van der Waals surface area (Å²) < 4.78 is 9.98. The van der Waals surface area contributed by atoms with Crippen molar-refractivity contribution in [2.75, 3.05) is 14.2 Å². The number of ether oxygens (including phenoxy) is 2. The fraction of sp³-hybridized carbons (Fsp3) is 0.900. The van der Waals surface area contributed by atoms with Crippen LogP contribution in [0.3, 0.4) is 0 Å².